The summed E-state index contributed by atoms with van der Waals surface area (Å²) >= 11 is 0. The molecule has 1 aromatic carbocycles. The molecule has 0 aliphatic carbocycles. The van der Waals surface area contributed by atoms with Crippen molar-refractivity contribution >= 4 is 0 Å². The van der Waals surface area contributed by atoms with E-state index in [1.165, 1.54) is 6.33 Å². The second-order valence-electron chi connectivity index (χ2n) is 6.72. The Kier molecular flexibility index (Phi) is 3.46. The highest BCUT2D eigenvalue weighted by Crippen LogP contribution is 2.34. The molecule has 1 aromatic heterocycles. The second-order valence-corrected chi connectivity index (χ2v) is 6.72. The lowest BCUT2D eigenvalue weighted by atomic mass is 9.85. The van der Waals surface area contributed by atoms with Crippen molar-refractivity contribution in [1.82, 2.24) is 9.78 Å². The summed E-state index contributed by atoms with van der Waals surface area (Å²) in [5, 5.41) is 4.00. The van der Waals surface area contributed by atoms with E-state index in [1.807, 2.05) is 20.8 Å². The van der Waals surface area contributed by atoms with Crippen LogP contribution in [-0.2, 0) is 6.42 Å². The molecule has 0 fully saturated rings. The van der Waals surface area contributed by atoms with E-state index in [-0.39, 0.29) is 11.5 Å². The van der Waals surface area contributed by atoms with Gasteiger partial charge < -0.3 is 0 Å². The van der Waals surface area contributed by atoms with Crippen LogP contribution in [0.4, 0.5) is 22.0 Å². The summed E-state index contributed by atoms with van der Waals surface area (Å²) in [6, 6.07) is 0.0347. The molecule has 3 rings (SSSR count). The summed E-state index contributed by atoms with van der Waals surface area (Å²) < 4.78 is 70.1. The van der Waals surface area contributed by atoms with Crippen molar-refractivity contribution in [1.29, 1.82) is 0 Å². The maximum absolute atomic E-state index is 13.9. The fourth-order valence-corrected chi connectivity index (χ4v) is 2.98. The Balaban J connectivity index is 2.17. The van der Waals surface area contributed by atoms with Gasteiger partial charge >= 0.3 is 0 Å². The first-order valence-corrected chi connectivity index (χ1v) is 7.14. The van der Waals surface area contributed by atoms with Gasteiger partial charge in [-0.1, -0.05) is 25.5 Å². The highest BCUT2D eigenvalue weighted by atomic mass is 19.2. The van der Waals surface area contributed by atoms with Gasteiger partial charge in [0.2, 0.25) is 41.1 Å². The van der Waals surface area contributed by atoms with E-state index < -0.39 is 34.8 Å². The molecular weight excluding hydrogens is 317 g/mol. The quantitative estimate of drug-likeness (QED) is 0.340. The van der Waals surface area contributed by atoms with E-state index in [1.54, 1.807) is 4.57 Å². The zero-order chi connectivity index (χ0) is 17.1. The molecular formula is C15H15F5N3+. The van der Waals surface area contributed by atoms with Crippen molar-refractivity contribution < 1.29 is 26.5 Å². The van der Waals surface area contributed by atoms with Crippen LogP contribution < -0.4 is 4.57 Å². The molecule has 2 aromatic rings. The van der Waals surface area contributed by atoms with Crippen LogP contribution in [-0.4, -0.2) is 9.78 Å². The van der Waals surface area contributed by atoms with Crippen LogP contribution in [0.25, 0.3) is 5.69 Å². The molecule has 8 heteroatoms. The molecule has 3 nitrogen and oxygen atoms in total. The summed E-state index contributed by atoms with van der Waals surface area (Å²) in [5.41, 5.74) is -1.18. The number of rotatable bonds is 1. The van der Waals surface area contributed by atoms with Crippen LogP contribution in [0.15, 0.2) is 6.33 Å². The van der Waals surface area contributed by atoms with Gasteiger partial charge in [0.15, 0.2) is 0 Å². The average Bonchev–Trinajstić information content (AvgIpc) is 3.02. The zero-order valence-corrected chi connectivity index (χ0v) is 12.8. The van der Waals surface area contributed by atoms with E-state index >= 15 is 0 Å². The molecule has 1 atom stereocenters. The first kappa shape index (κ1) is 15.9. The molecule has 0 spiro atoms. The van der Waals surface area contributed by atoms with Gasteiger partial charge in [0.1, 0.15) is 0 Å². The molecule has 0 bridgehead atoms. The Morgan fingerprint density at radius 3 is 2.04 bits per heavy atom. The summed E-state index contributed by atoms with van der Waals surface area (Å²) in [7, 11) is 0. The number of aromatic nitrogens is 3. The van der Waals surface area contributed by atoms with Crippen LogP contribution in [0.3, 0.4) is 0 Å². The lowest BCUT2D eigenvalue weighted by Crippen LogP contribution is -2.43. The van der Waals surface area contributed by atoms with E-state index in [4.69, 9.17) is 0 Å². The predicted molar refractivity (Wildman–Crippen MR) is 70.4 cm³/mol. The van der Waals surface area contributed by atoms with E-state index in [9.17, 15) is 22.0 Å². The van der Waals surface area contributed by atoms with Crippen LogP contribution in [0.2, 0.25) is 0 Å². The number of aryl methyl sites for hydroxylation is 1. The number of halogens is 5. The van der Waals surface area contributed by atoms with Crippen molar-refractivity contribution in [2.24, 2.45) is 5.41 Å². The molecule has 0 radical (unpaired) electrons. The molecule has 0 amide bonds. The summed E-state index contributed by atoms with van der Waals surface area (Å²) in [4.78, 5) is 0. The highest BCUT2D eigenvalue weighted by Gasteiger charge is 2.40. The minimum atomic E-state index is -2.18. The maximum atomic E-state index is 13.9. The maximum Gasteiger partial charge on any atom is 0.278 e. The molecule has 1 aliphatic heterocycles. The molecule has 0 saturated heterocycles. The lowest BCUT2D eigenvalue weighted by molar-refractivity contribution is -0.729. The summed E-state index contributed by atoms with van der Waals surface area (Å²) in [6.45, 7) is 6.03. The molecule has 1 aliphatic rings. The zero-order valence-electron chi connectivity index (χ0n) is 12.8. The van der Waals surface area contributed by atoms with Crippen LogP contribution in [0, 0.1) is 34.5 Å². The van der Waals surface area contributed by atoms with Crippen molar-refractivity contribution in [3.63, 3.8) is 0 Å². The smallest absolute Gasteiger partial charge is 0.231 e. The Morgan fingerprint density at radius 2 is 1.52 bits per heavy atom. The molecule has 124 valence electrons. The minimum absolute atomic E-state index is 0.0347. The molecule has 1 unspecified atom stereocenters. The Morgan fingerprint density at radius 1 is 1.00 bits per heavy atom. The minimum Gasteiger partial charge on any atom is -0.231 e. The number of hydrogen-bond acceptors (Lipinski definition) is 1. The van der Waals surface area contributed by atoms with Gasteiger partial charge in [-0.2, -0.15) is 8.78 Å². The van der Waals surface area contributed by atoms with E-state index in [0.29, 0.717) is 12.2 Å². The fraction of sp³-hybridized carbons (Fsp3) is 0.467. The van der Waals surface area contributed by atoms with Crippen LogP contribution in [0.1, 0.15) is 39.1 Å². The summed E-state index contributed by atoms with van der Waals surface area (Å²) in [6.07, 6.45) is 2.67. The molecule has 2 heterocycles. The van der Waals surface area contributed by atoms with Gasteiger partial charge in [-0.3, -0.25) is 0 Å². The highest BCUT2D eigenvalue weighted by molar-refractivity contribution is 5.36. The third kappa shape index (κ3) is 2.31. The van der Waals surface area contributed by atoms with Crippen LogP contribution >= 0.6 is 0 Å². The summed E-state index contributed by atoms with van der Waals surface area (Å²) in [5.74, 6) is -9.37. The number of benzene rings is 1. The van der Waals surface area contributed by atoms with Gasteiger partial charge in [0.05, 0.1) is 6.04 Å². The van der Waals surface area contributed by atoms with Gasteiger partial charge in [0, 0.05) is 11.5 Å². The first-order chi connectivity index (χ1) is 10.6. The monoisotopic (exact) mass is 332 g/mol. The molecule has 0 saturated carbocycles. The average molecular weight is 332 g/mol. The predicted octanol–water partition coefficient (Wildman–Crippen LogP) is 3.39. The number of nitrogens with zero attached hydrogens (tertiary/aromatic N) is 3. The third-order valence-electron chi connectivity index (χ3n) is 4.15. The number of fused-ring (bicyclic) bond motifs is 1. The number of hydrogen-bond donors (Lipinski definition) is 0. The Hall–Kier alpha value is -1.99. The standard InChI is InChI=1S/C15H15F5N3/c1-15(2,3)7-4-5-8-21-23(6-22(7)8)14-12(19)10(17)9(16)11(18)13(14)20/h6-7H,4-5H2,1-3H3/q+1. The first-order valence-electron chi connectivity index (χ1n) is 7.14. The van der Waals surface area contributed by atoms with Crippen LogP contribution in [0.5, 0.6) is 0 Å². The van der Waals surface area contributed by atoms with Gasteiger partial charge in [0.25, 0.3) is 5.82 Å². The Labute approximate surface area is 129 Å². The SMILES string of the molecule is CC(C)(C)C1CCc2nn(-c3c(F)c(F)c(F)c(F)c3F)c[n+]21. The normalized spacial score (nSPS) is 17.7. The Bertz CT molecular complexity index is 762. The van der Waals surface area contributed by atoms with Gasteiger partial charge in [-0.05, 0) is 11.8 Å². The van der Waals surface area contributed by atoms with E-state index in [2.05, 4.69) is 5.10 Å². The lowest BCUT2D eigenvalue weighted by Gasteiger charge is -2.24. The molecule has 0 N–H and O–H groups in total. The van der Waals surface area contributed by atoms with Gasteiger partial charge in [-0.25, -0.2) is 17.7 Å². The van der Waals surface area contributed by atoms with E-state index in [0.717, 1.165) is 11.1 Å². The van der Waals surface area contributed by atoms with Gasteiger partial charge in [-0.15, -0.1) is 0 Å². The van der Waals surface area contributed by atoms with Crippen molar-refractivity contribution in [2.45, 2.75) is 39.7 Å². The van der Waals surface area contributed by atoms with Crippen molar-refractivity contribution in [2.75, 3.05) is 0 Å². The third-order valence-corrected chi connectivity index (χ3v) is 4.15. The second kappa shape index (κ2) is 5.01. The topological polar surface area (TPSA) is 21.7 Å². The van der Waals surface area contributed by atoms with Crippen molar-refractivity contribution in [3.05, 3.63) is 41.2 Å². The fourth-order valence-electron chi connectivity index (χ4n) is 2.98. The van der Waals surface area contributed by atoms with Crippen molar-refractivity contribution in [3.8, 4) is 5.69 Å². The molecule has 23 heavy (non-hydrogen) atoms. The largest absolute Gasteiger partial charge is 0.278 e.